The van der Waals surface area contributed by atoms with Gasteiger partial charge in [0.15, 0.2) is 11.5 Å². The zero-order valence-electron chi connectivity index (χ0n) is 14.2. The number of nitrogens with one attached hydrogen (secondary N) is 2. The molecule has 1 atom stereocenters. The smallest absolute Gasteiger partial charge is 0.325 e. The second-order valence-electron chi connectivity index (χ2n) is 6.28. The number of carbonyl (C=O) groups is 3. The first-order valence-corrected chi connectivity index (χ1v) is 8.09. The molecule has 0 aromatic heterocycles. The van der Waals surface area contributed by atoms with Crippen molar-refractivity contribution < 1.29 is 23.9 Å². The molecule has 3 rings (SSSR count). The number of benzene rings is 1. The van der Waals surface area contributed by atoms with E-state index in [2.05, 4.69) is 10.6 Å². The van der Waals surface area contributed by atoms with Crippen molar-refractivity contribution in [2.45, 2.75) is 25.3 Å². The second-order valence-corrected chi connectivity index (χ2v) is 6.28. The first-order chi connectivity index (χ1) is 12.4. The molecule has 1 fully saturated rings. The van der Waals surface area contributed by atoms with Crippen LogP contribution in [0, 0.1) is 11.3 Å². The number of hydrogen-bond acceptors (Lipinski definition) is 6. The van der Waals surface area contributed by atoms with Gasteiger partial charge in [-0.1, -0.05) is 6.07 Å². The van der Waals surface area contributed by atoms with Gasteiger partial charge in [-0.3, -0.25) is 14.5 Å². The zero-order chi connectivity index (χ0) is 18.7. The van der Waals surface area contributed by atoms with Gasteiger partial charge in [-0.05, 0) is 24.6 Å². The third-order valence-corrected chi connectivity index (χ3v) is 4.20. The summed E-state index contributed by atoms with van der Waals surface area (Å²) in [6.45, 7) is 1.56. The molecule has 2 heterocycles. The SMILES string of the molecule is CC1(Cc2ccc3c(c2)OCO3)NC(=O)N(CC(=O)NCCC#N)C1=O. The van der Waals surface area contributed by atoms with E-state index in [1.807, 2.05) is 6.07 Å². The van der Waals surface area contributed by atoms with Crippen LogP contribution < -0.4 is 20.1 Å². The molecule has 2 aliphatic heterocycles. The van der Waals surface area contributed by atoms with Crippen LogP contribution in [0.5, 0.6) is 11.5 Å². The van der Waals surface area contributed by atoms with Gasteiger partial charge in [-0.2, -0.15) is 5.26 Å². The molecule has 1 saturated heterocycles. The minimum Gasteiger partial charge on any atom is -0.454 e. The molecular weight excluding hydrogens is 340 g/mol. The van der Waals surface area contributed by atoms with Gasteiger partial charge in [0.1, 0.15) is 12.1 Å². The van der Waals surface area contributed by atoms with Crippen molar-refractivity contribution in [1.29, 1.82) is 5.26 Å². The minimum absolute atomic E-state index is 0.153. The maximum absolute atomic E-state index is 12.7. The Bertz CT molecular complexity index is 803. The Morgan fingerprint density at radius 1 is 1.38 bits per heavy atom. The average molecular weight is 358 g/mol. The second kappa shape index (κ2) is 6.92. The molecule has 1 aromatic rings. The first-order valence-electron chi connectivity index (χ1n) is 8.09. The Kier molecular flexibility index (Phi) is 4.67. The Hall–Kier alpha value is -3.28. The van der Waals surface area contributed by atoms with Crippen LogP contribution in [0.2, 0.25) is 0 Å². The molecule has 0 bridgehead atoms. The van der Waals surface area contributed by atoms with E-state index in [1.54, 1.807) is 25.1 Å². The highest BCUT2D eigenvalue weighted by Crippen LogP contribution is 2.34. The molecule has 136 valence electrons. The van der Waals surface area contributed by atoms with E-state index >= 15 is 0 Å². The normalized spacial score (nSPS) is 20.7. The third kappa shape index (κ3) is 3.39. The minimum atomic E-state index is -1.16. The highest BCUT2D eigenvalue weighted by molar-refractivity contribution is 6.08. The van der Waals surface area contributed by atoms with Crippen LogP contribution in [0.3, 0.4) is 0 Å². The summed E-state index contributed by atoms with van der Waals surface area (Å²) in [7, 11) is 0. The zero-order valence-corrected chi connectivity index (χ0v) is 14.2. The van der Waals surface area contributed by atoms with Crippen molar-refractivity contribution in [3.63, 3.8) is 0 Å². The van der Waals surface area contributed by atoms with Crippen molar-refractivity contribution in [1.82, 2.24) is 15.5 Å². The van der Waals surface area contributed by atoms with E-state index in [-0.39, 0.29) is 32.7 Å². The topological polar surface area (TPSA) is 121 Å². The summed E-state index contributed by atoms with van der Waals surface area (Å²) in [4.78, 5) is 37.6. The molecule has 2 aliphatic rings. The monoisotopic (exact) mass is 358 g/mol. The number of imide groups is 1. The van der Waals surface area contributed by atoms with E-state index in [4.69, 9.17) is 14.7 Å². The van der Waals surface area contributed by atoms with Gasteiger partial charge in [-0.25, -0.2) is 4.79 Å². The Balaban J connectivity index is 1.67. The van der Waals surface area contributed by atoms with Crippen molar-refractivity contribution in [2.75, 3.05) is 19.9 Å². The van der Waals surface area contributed by atoms with Crippen LogP contribution in [-0.2, 0) is 16.0 Å². The van der Waals surface area contributed by atoms with E-state index in [9.17, 15) is 14.4 Å². The van der Waals surface area contributed by atoms with E-state index < -0.39 is 23.4 Å². The van der Waals surface area contributed by atoms with Crippen LogP contribution in [0.4, 0.5) is 4.79 Å². The molecule has 9 nitrogen and oxygen atoms in total. The lowest BCUT2D eigenvalue weighted by Gasteiger charge is -2.21. The molecular formula is C17H18N4O5. The molecule has 1 aromatic carbocycles. The largest absolute Gasteiger partial charge is 0.454 e. The molecule has 4 amide bonds. The quantitative estimate of drug-likeness (QED) is 0.557. The Morgan fingerprint density at radius 2 is 2.15 bits per heavy atom. The summed E-state index contributed by atoms with van der Waals surface area (Å²) < 4.78 is 10.6. The summed E-state index contributed by atoms with van der Waals surface area (Å²) in [6, 6.07) is 6.60. The summed E-state index contributed by atoms with van der Waals surface area (Å²) >= 11 is 0. The predicted molar refractivity (Wildman–Crippen MR) is 88.2 cm³/mol. The van der Waals surface area contributed by atoms with Crippen molar-refractivity contribution in [2.24, 2.45) is 0 Å². The molecule has 9 heteroatoms. The lowest BCUT2D eigenvalue weighted by Crippen LogP contribution is -2.46. The third-order valence-electron chi connectivity index (χ3n) is 4.20. The first kappa shape index (κ1) is 17.5. The molecule has 2 N–H and O–H groups in total. The Labute approximate surface area is 149 Å². The summed E-state index contributed by atoms with van der Waals surface area (Å²) in [5, 5.41) is 13.6. The van der Waals surface area contributed by atoms with Gasteiger partial charge in [-0.15, -0.1) is 0 Å². The number of hydrogen-bond donors (Lipinski definition) is 2. The van der Waals surface area contributed by atoms with Crippen molar-refractivity contribution in [3.05, 3.63) is 23.8 Å². The fourth-order valence-corrected chi connectivity index (χ4v) is 2.93. The van der Waals surface area contributed by atoms with Crippen LogP contribution in [-0.4, -0.2) is 48.2 Å². The fourth-order valence-electron chi connectivity index (χ4n) is 2.93. The highest BCUT2D eigenvalue weighted by Gasteiger charge is 2.48. The van der Waals surface area contributed by atoms with E-state index in [0.717, 1.165) is 10.5 Å². The number of nitrogens with zero attached hydrogens (tertiary/aromatic N) is 2. The lowest BCUT2D eigenvalue weighted by molar-refractivity contribution is -0.134. The van der Waals surface area contributed by atoms with Gasteiger partial charge in [0.05, 0.1) is 12.5 Å². The number of amides is 4. The van der Waals surface area contributed by atoms with Crippen molar-refractivity contribution in [3.8, 4) is 17.6 Å². The van der Waals surface area contributed by atoms with E-state index in [1.165, 1.54) is 0 Å². The number of ether oxygens (including phenoxy) is 2. The van der Waals surface area contributed by atoms with Gasteiger partial charge < -0.3 is 20.1 Å². The summed E-state index contributed by atoms with van der Waals surface area (Å²) in [5.74, 6) is 0.264. The molecule has 0 spiro atoms. The number of nitriles is 1. The standard InChI is InChI=1S/C17H18N4O5/c1-17(8-11-3-4-12-13(7-11)26-10-25-12)15(23)21(16(24)20-17)9-14(22)19-6-2-5-18/h3-4,7H,2,6,8-10H2,1H3,(H,19,22)(H,20,24). The average Bonchev–Trinajstić information content (AvgIpc) is 3.13. The summed E-state index contributed by atoms with van der Waals surface area (Å²) in [5.41, 5.74) is -0.358. The van der Waals surface area contributed by atoms with Gasteiger partial charge in [0.25, 0.3) is 5.91 Å². The molecule has 26 heavy (non-hydrogen) atoms. The number of urea groups is 1. The Morgan fingerprint density at radius 3 is 2.92 bits per heavy atom. The van der Waals surface area contributed by atoms with Crippen LogP contribution >= 0.6 is 0 Å². The maximum atomic E-state index is 12.7. The lowest BCUT2D eigenvalue weighted by atomic mass is 9.92. The molecule has 0 aliphatic carbocycles. The number of rotatable bonds is 6. The maximum Gasteiger partial charge on any atom is 0.325 e. The van der Waals surface area contributed by atoms with Crippen LogP contribution in [0.1, 0.15) is 18.9 Å². The molecule has 1 unspecified atom stereocenters. The van der Waals surface area contributed by atoms with Gasteiger partial charge in [0.2, 0.25) is 12.7 Å². The summed E-state index contributed by atoms with van der Waals surface area (Å²) in [6.07, 6.45) is 0.411. The van der Waals surface area contributed by atoms with Gasteiger partial charge >= 0.3 is 6.03 Å². The van der Waals surface area contributed by atoms with E-state index in [0.29, 0.717) is 11.5 Å². The predicted octanol–water partition coefficient (Wildman–Crippen LogP) is 0.298. The van der Waals surface area contributed by atoms with Crippen LogP contribution in [0.25, 0.3) is 0 Å². The highest BCUT2D eigenvalue weighted by atomic mass is 16.7. The molecule has 0 saturated carbocycles. The number of carbonyl (C=O) groups excluding carboxylic acids is 3. The molecule has 0 radical (unpaired) electrons. The fraction of sp³-hybridized carbons (Fsp3) is 0.412. The van der Waals surface area contributed by atoms with Crippen molar-refractivity contribution >= 4 is 17.8 Å². The van der Waals surface area contributed by atoms with Crippen LogP contribution in [0.15, 0.2) is 18.2 Å². The van der Waals surface area contributed by atoms with Gasteiger partial charge in [0, 0.05) is 13.0 Å². The number of fused-ring (bicyclic) bond motifs is 1.